The van der Waals surface area contributed by atoms with Crippen molar-refractivity contribution in [1.29, 1.82) is 0 Å². The lowest BCUT2D eigenvalue weighted by molar-refractivity contribution is -0.136. The summed E-state index contributed by atoms with van der Waals surface area (Å²) in [5, 5.41) is 8.73. The molecule has 0 spiro atoms. The highest BCUT2D eigenvalue weighted by atomic mass is 32.2. The van der Waals surface area contributed by atoms with Crippen molar-refractivity contribution in [2.75, 3.05) is 11.5 Å². The zero-order chi connectivity index (χ0) is 11.4. The zero-order valence-corrected chi connectivity index (χ0v) is 10.0. The lowest BCUT2D eigenvalue weighted by atomic mass is 9.92. The van der Waals surface area contributed by atoms with E-state index in [9.17, 15) is 4.79 Å². The van der Waals surface area contributed by atoms with Gasteiger partial charge in [-0.1, -0.05) is 24.3 Å². The highest BCUT2D eigenvalue weighted by molar-refractivity contribution is 7.99. The maximum absolute atomic E-state index is 10.6. The Morgan fingerprint density at radius 1 is 1.44 bits per heavy atom. The highest BCUT2D eigenvalue weighted by Gasteiger charge is 2.19. The van der Waals surface area contributed by atoms with Gasteiger partial charge < -0.3 is 5.11 Å². The Morgan fingerprint density at radius 3 is 2.94 bits per heavy atom. The minimum atomic E-state index is -0.712. The molecule has 2 rings (SSSR count). The second kappa shape index (κ2) is 5.39. The van der Waals surface area contributed by atoms with E-state index in [1.54, 1.807) is 0 Å². The first-order chi connectivity index (χ1) is 7.77. The van der Waals surface area contributed by atoms with E-state index in [0.717, 1.165) is 0 Å². The van der Waals surface area contributed by atoms with E-state index in [-0.39, 0.29) is 6.42 Å². The number of hydrogen-bond donors (Lipinski definition) is 1. The second-order valence-electron chi connectivity index (χ2n) is 4.15. The Labute approximate surface area is 100 Å². The van der Waals surface area contributed by atoms with Gasteiger partial charge in [-0.25, -0.2) is 0 Å². The zero-order valence-electron chi connectivity index (χ0n) is 9.19. The Kier molecular flexibility index (Phi) is 3.88. The molecule has 86 valence electrons. The first kappa shape index (κ1) is 11.5. The molecular weight excluding hydrogens is 220 g/mol. The van der Waals surface area contributed by atoms with Gasteiger partial charge in [0, 0.05) is 12.2 Å². The van der Waals surface area contributed by atoms with E-state index in [4.69, 9.17) is 5.11 Å². The van der Waals surface area contributed by atoms with Gasteiger partial charge >= 0.3 is 5.97 Å². The average molecular weight is 236 g/mol. The van der Waals surface area contributed by atoms with Crippen LogP contribution in [0.4, 0.5) is 0 Å². The van der Waals surface area contributed by atoms with Gasteiger partial charge in [0.2, 0.25) is 0 Å². The third kappa shape index (κ3) is 2.79. The van der Waals surface area contributed by atoms with Crippen LogP contribution in [0.3, 0.4) is 0 Å². The van der Waals surface area contributed by atoms with Crippen LogP contribution in [0, 0.1) is 0 Å². The molecule has 0 aromatic heterocycles. The fraction of sp³-hybridized carbons (Fsp3) is 0.462. The number of hydrogen-bond acceptors (Lipinski definition) is 2. The molecule has 1 aliphatic rings. The number of aryl methyl sites for hydroxylation is 1. The van der Waals surface area contributed by atoms with Gasteiger partial charge in [0.25, 0.3) is 0 Å². The Hall–Kier alpha value is -0.960. The van der Waals surface area contributed by atoms with Gasteiger partial charge in [0.1, 0.15) is 0 Å². The molecule has 1 aliphatic heterocycles. The van der Waals surface area contributed by atoms with Crippen molar-refractivity contribution in [1.82, 2.24) is 0 Å². The van der Waals surface area contributed by atoms with E-state index >= 15 is 0 Å². The fourth-order valence-corrected chi connectivity index (χ4v) is 3.43. The van der Waals surface area contributed by atoms with Crippen LogP contribution in [0.1, 0.15) is 29.9 Å². The molecule has 0 saturated carbocycles. The van der Waals surface area contributed by atoms with Gasteiger partial charge in [-0.3, -0.25) is 4.79 Å². The van der Waals surface area contributed by atoms with Crippen LogP contribution < -0.4 is 0 Å². The van der Waals surface area contributed by atoms with Crippen LogP contribution in [-0.2, 0) is 11.2 Å². The van der Waals surface area contributed by atoms with Crippen molar-refractivity contribution in [3.05, 3.63) is 35.4 Å². The smallest absolute Gasteiger partial charge is 0.303 e. The van der Waals surface area contributed by atoms with E-state index in [2.05, 4.69) is 18.2 Å². The standard InChI is InChI=1S/C13H16O2S/c14-13(15)6-5-10-3-1-2-4-12(10)11-7-8-16-9-11/h1-4,11H,5-9H2,(H,14,15). The Bertz CT molecular complexity index is 370. The monoisotopic (exact) mass is 236 g/mol. The molecule has 1 saturated heterocycles. The molecule has 0 amide bonds. The number of carbonyl (C=O) groups is 1. The predicted octanol–water partition coefficient (Wildman–Crippen LogP) is 2.92. The largest absolute Gasteiger partial charge is 0.481 e. The summed E-state index contributed by atoms with van der Waals surface area (Å²) in [6.45, 7) is 0. The van der Waals surface area contributed by atoms with Crippen molar-refractivity contribution in [3.63, 3.8) is 0 Å². The minimum Gasteiger partial charge on any atom is -0.481 e. The van der Waals surface area contributed by atoms with E-state index in [1.807, 2.05) is 17.8 Å². The summed E-state index contributed by atoms with van der Waals surface area (Å²) in [6.07, 6.45) is 2.12. The number of carboxylic acid groups (broad SMARTS) is 1. The average Bonchev–Trinajstić information content (AvgIpc) is 2.80. The quantitative estimate of drug-likeness (QED) is 0.873. The summed E-state index contributed by atoms with van der Waals surface area (Å²) in [7, 11) is 0. The SMILES string of the molecule is O=C(O)CCc1ccccc1C1CCSC1. The Balaban J connectivity index is 2.13. The molecule has 1 atom stereocenters. The van der Waals surface area contributed by atoms with Crippen LogP contribution in [0.15, 0.2) is 24.3 Å². The maximum atomic E-state index is 10.6. The molecular formula is C13H16O2S. The summed E-state index contributed by atoms with van der Waals surface area (Å²) in [4.78, 5) is 10.6. The number of rotatable bonds is 4. The molecule has 1 N–H and O–H groups in total. The van der Waals surface area contributed by atoms with E-state index in [1.165, 1.54) is 29.1 Å². The van der Waals surface area contributed by atoms with Crippen LogP contribution >= 0.6 is 11.8 Å². The van der Waals surface area contributed by atoms with Crippen molar-refractivity contribution in [2.24, 2.45) is 0 Å². The molecule has 1 fully saturated rings. The molecule has 0 aliphatic carbocycles. The van der Waals surface area contributed by atoms with Crippen LogP contribution in [0.2, 0.25) is 0 Å². The topological polar surface area (TPSA) is 37.3 Å². The fourth-order valence-electron chi connectivity index (χ4n) is 2.18. The van der Waals surface area contributed by atoms with Gasteiger partial charge in [0.15, 0.2) is 0 Å². The Morgan fingerprint density at radius 2 is 2.25 bits per heavy atom. The number of carboxylic acids is 1. The summed E-state index contributed by atoms with van der Waals surface area (Å²) in [5.74, 6) is 2.34. The summed E-state index contributed by atoms with van der Waals surface area (Å²) in [5.41, 5.74) is 2.59. The van der Waals surface area contributed by atoms with Crippen molar-refractivity contribution >= 4 is 17.7 Å². The molecule has 2 nitrogen and oxygen atoms in total. The molecule has 1 aromatic rings. The molecule has 0 radical (unpaired) electrons. The lowest BCUT2D eigenvalue weighted by Gasteiger charge is -2.13. The first-order valence-corrected chi connectivity index (χ1v) is 6.80. The second-order valence-corrected chi connectivity index (χ2v) is 5.30. The van der Waals surface area contributed by atoms with Crippen molar-refractivity contribution < 1.29 is 9.90 Å². The predicted molar refractivity (Wildman–Crippen MR) is 67.1 cm³/mol. The first-order valence-electron chi connectivity index (χ1n) is 5.64. The molecule has 1 aromatic carbocycles. The lowest BCUT2D eigenvalue weighted by Crippen LogP contribution is -2.04. The van der Waals surface area contributed by atoms with E-state index < -0.39 is 5.97 Å². The molecule has 1 heterocycles. The minimum absolute atomic E-state index is 0.233. The molecule has 0 bridgehead atoms. The van der Waals surface area contributed by atoms with Crippen LogP contribution in [0.5, 0.6) is 0 Å². The van der Waals surface area contributed by atoms with Gasteiger partial charge in [-0.15, -0.1) is 0 Å². The van der Waals surface area contributed by atoms with Gasteiger partial charge in [-0.05, 0) is 35.6 Å². The van der Waals surface area contributed by atoms with Gasteiger partial charge in [-0.2, -0.15) is 11.8 Å². The molecule has 3 heteroatoms. The number of benzene rings is 1. The van der Waals surface area contributed by atoms with Crippen molar-refractivity contribution in [3.8, 4) is 0 Å². The van der Waals surface area contributed by atoms with Crippen LogP contribution in [-0.4, -0.2) is 22.6 Å². The summed E-state index contributed by atoms with van der Waals surface area (Å²) in [6, 6.07) is 8.29. The third-order valence-electron chi connectivity index (χ3n) is 3.03. The van der Waals surface area contributed by atoms with E-state index in [0.29, 0.717) is 12.3 Å². The van der Waals surface area contributed by atoms with Crippen LogP contribution in [0.25, 0.3) is 0 Å². The maximum Gasteiger partial charge on any atom is 0.303 e. The molecule has 1 unspecified atom stereocenters. The number of thioether (sulfide) groups is 1. The summed E-state index contributed by atoms with van der Waals surface area (Å²) < 4.78 is 0. The number of aliphatic carboxylic acids is 1. The molecule has 16 heavy (non-hydrogen) atoms. The van der Waals surface area contributed by atoms with Gasteiger partial charge in [0.05, 0.1) is 0 Å². The van der Waals surface area contributed by atoms with Crippen molar-refractivity contribution in [2.45, 2.75) is 25.2 Å². The highest BCUT2D eigenvalue weighted by Crippen LogP contribution is 2.34. The third-order valence-corrected chi connectivity index (χ3v) is 4.20. The summed E-state index contributed by atoms with van der Waals surface area (Å²) >= 11 is 1.99. The normalized spacial score (nSPS) is 19.9.